The molecule has 3 nitrogen and oxygen atoms in total. The Kier molecular flexibility index (Phi) is 6.55. The van der Waals surface area contributed by atoms with Gasteiger partial charge in [-0.3, -0.25) is 0 Å². The van der Waals surface area contributed by atoms with E-state index in [2.05, 4.69) is 16.3 Å². The summed E-state index contributed by atoms with van der Waals surface area (Å²) in [5.41, 5.74) is 3.25. The van der Waals surface area contributed by atoms with Crippen molar-refractivity contribution >= 4 is 0 Å². The first-order valence-electron chi connectivity index (χ1n) is 3.73. The molecule has 0 spiro atoms. The van der Waals surface area contributed by atoms with E-state index in [4.69, 9.17) is 0 Å². The van der Waals surface area contributed by atoms with E-state index in [1.54, 1.807) is 0 Å². The average Bonchev–Trinajstić information content (AvgIpc) is 2.14. The number of nitrogens with two attached hydrogens (primary N) is 1. The van der Waals surface area contributed by atoms with Gasteiger partial charge < -0.3 is 10.4 Å². The van der Waals surface area contributed by atoms with Gasteiger partial charge in [0.05, 0.1) is 5.56 Å². The molecule has 0 aliphatic heterocycles. The van der Waals surface area contributed by atoms with Crippen LogP contribution in [-0.4, -0.2) is 0 Å². The van der Waals surface area contributed by atoms with Crippen LogP contribution in [0.1, 0.15) is 11.1 Å². The zero-order chi connectivity index (χ0) is 10.6. The summed E-state index contributed by atoms with van der Waals surface area (Å²) in [6.45, 7) is 0.134. The number of benzene rings is 1. The van der Waals surface area contributed by atoms with Crippen molar-refractivity contribution in [2.24, 2.45) is 5.90 Å². The van der Waals surface area contributed by atoms with Gasteiger partial charge in [-0.2, -0.15) is 13.2 Å². The first kappa shape index (κ1) is 15.0. The SMILES string of the molecule is NO[N-]Cc1ccc(C(F)(F)F)cc1.[Y]. The molecule has 1 aromatic rings. The van der Waals surface area contributed by atoms with E-state index in [9.17, 15) is 13.2 Å². The molecule has 0 saturated heterocycles. The Hall–Kier alpha value is -0.00610. The fraction of sp³-hybridized carbons (Fsp3) is 0.250. The smallest absolute Gasteiger partial charge is 0.416 e. The van der Waals surface area contributed by atoms with Crippen molar-refractivity contribution in [2.75, 3.05) is 0 Å². The Bertz CT molecular complexity index is 289. The zero-order valence-corrected chi connectivity index (χ0v) is 10.5. The molecule has 0 aliphatic rings. The maximum atomic E-state index is 12.1. The van der Waals surface area contributed by atoms with Gasteiger partial charge >= 0.3 is 6.18 Å². The van der Waals surface area contributed by atoms with Gasteiger partial charge in [0.25, 0.3) is 0 Å². The van der Waals surface area contributed by atoms with Crippen LogP contribution in [0.2, 0.25) is 0 Å². The van der Waals surface area contributed by atoms with Crippen molar-refractivity contribution in [1.82, 2.24) is 0 Å². The molecule has 81 valence electrons. The van der Waals surface area contributed by atoms with Gasteiger partial charge in [0, 0.05) is 32.7 Å². The minimum Gasteiger partial charge on any atom is -0.510 e. The van der Waals surface area contributed by atoms with E-state index in [-0.39, 0.29) is 39.3 Å². The Morgan fingerprint density at radius 1 is 1.20 bits per heavy atom. The van der Waals surface area contributed by atoms with Crippen molar-refractivity contribution in [1.29, 1.82) is 0 Å². The van der Waals surface area contributed by atoms with Crippen LogP contribution in [0.4, 0.5) is 13.2 Å². The number of hydrogen-bond donors (Lipinski definition) is 1. The second-order valence-electron chi connectivity index (χ2n) is 2.59. The molecular weight excluding hydrogens is 286 g/mol. The number of rotatable bonds is 3. The number of halogens is 3. The molecule has 7 heteroatoms. The molecule has 0 unspecified atom stereocenters. The van der Waals surface area contributed by atoms with Gasteiger partial charge in [-0.1, -0.05) is 17.7 Å². The Balaban J connectivity index is 0.00000196. The van der Waals surface area contributed by atoms with Crippen LogP contribution in [0.5, 0.6) is 0 Å². The molecule has 2 N–H and O–H groups in total. The van der Waals surface area contributed by atoms with E-state index < -0.39 is 11.7 Å². The van der Waals surface area contributed by atoms with E-state index in [0.717, 1.165) is 12.1 Å². The second kappa shape index (κ2) is 6.55. The quantitative estimate of drug-likeness (QED) is 0.870. The fourth-order valence-corrected chi connectivity index (χ4v) is 0.911. The largest absolute Gasteiger partial charge is 0.510 e. The van der Waals surface area contributed by atoms with Gasteiger partial charge in [-0.15, -0.1) is 6.54 Å². The minimum atomic E-state index is -4.31. The Morgan fingerprint density at radius 2 is 1.73 bits per heavy atom. The van der Waals surface area contributed by atoms with Crippen molar-refractivity contribution in [3.8, 4) is 0 Å². The van der Waals surface area contributed by atoms with Crippen LogP contribution < -0.4 is 5.90 Å². The molecule has 0 atom stereocenters. The summed E-state index contributed by atoms with van der Waals surface area (Å²) in [5, 5.41) is 0. The first-order chi connectivity index (χ1) is 6.54. The molecule has 0 aliphatic carbocycles. The summed E-state index contributed by atoms with van der Waals surface area (Å²) in [5.74, 6) is 4.63. The van der Waals surface area contributed by atoms with Gasteiger partial charge in [0.1, 0.15) is 0 Å². The van der Waals surface area contributed by atoms with Crippen LogP contribution in [0.25, 0.3) is 5.48 Å². The summed E-state index contributed by atoms with van der Waals surface area (Å²) < 4.78 is 36.3. The molecular formula is C8H8F3N2OY-. The summed E-state index contributed by atoms with van der Waals surface area (Å²) in [7, 11) is 0. The van der Waals surface area contributed by atoms with E-state index in [1.807, 2.05) is 0 Å². The molecule has 15 heavy (non-hydrogen) atoms. The molecule has 0 fully saturated rings. The van der Waals surface area contributed by atoms with E-state index >= 15 is 0 Å². The van der Waals surface area contributed by atoms with Gasteiger partial charge in [-0.25, -0.2) is 5.90 Å². The van der Waals surface area contributed by atoms with Gasteiger partial charge in [-0.05, 0) is 12.1 Å². The maximum Gasteiger partial charge on any atom is 0.416 e. The molecule has 0 saturated carbocycles. The number of hydroxylamine groups is 1. The predicted molar refractivity (Wildman–Crippen MR) is 43.8 cm³/mol. The number of alkyl halides is 3. The molecule has 1 rings (SSSR count). The number of nitrogens with zero attached hydrogens (tertiary/aromatic N) is 1. The topological polar surface area (TPSA) is 49.4 Å². The predicted octanol–water partition coefficient (Wildman–Crippen LogP) is 2.38. The van der Waals surface area contributed by atoms with Gasteiger partial charge in [0.2, 0.25) is 0 Å². The Labute approximate surface area is 110 Å². The molecule has 0 amide bonds. The third-order valence-corrected chi connectivity index (χ3v) is 1.60. The van der Waals surface area contributed by atoms with Crippen LogP contribution in [0.3, 0.4) is 0 Å². The third-order valence-electron chi connectivity index (χ3n) is 1.60. The molecule has 1 radical (unpaired) electrons. The van der Waals surface area contributed by atoms with Crippen LogP contribution >= 0.6 is 0 Å². The van der Waals surface area contributed by atoms with Crippen LogP contribution in [0.15, 0.2) is 24.3 Å². The third kappa shape index (κ3) is 5.04. The van der Waals surface area contributed by atoms with Crippen molar-refractivity contribution in [3.63, 3.8) is 0 Å². The molecule has 0 heterocycles. The molecule has 0 aromatic heterocycles. The van der Waals surface area contributed by atoms with E-state index in [1.165, 1.54) is 12.1 Å². The van der Waals surface area contributed by atoms with Crippen molar-refractivity contribution < 1.29 is 50.8 Å². The molecule has 1 aromatic carbocycles. The van der Waals surface area contributed by atoms with Crippen molar-refractivity contribution in [2.45, 2.75) is 12.7 Å². The van der Waals surface area contributed by atoms with Crippen molar-refractivity contribution in [3.05, 3.63) is 40.9 Å². The monoisotopic (exact) mass is 294 g/mol. The van der Waals surface area contributed by atoms with Crippen LogP contribution in [-0.2, 0) is 50.4 Å². The minimum absolute atomic E-state index is 0. The van der Waals surface area contributed by atoms with Gasteiger partial charge in [0.15, 0.2) is 0 Å². The normalized spacial score (nSPS) is 10.9. The zero-order valence-electron chi connectivity index (χ0n) is 7.66. The first-order valence-corrected chi connectivity index (χ1v) is 3.73. The maximum absolute atomic E-state index is 12.1. The fourth-order valence-electron chi connectivity index (χ4n) is 0.911. The van der Waals surface area contributed by atoms with E-state index in [0.29, 0.717) is 5.56 Å². The summed E-state index contributed by atoms with van der Waals surface area (Å²) in [4.78, 5) is 3.95. The number of hydrogen-bond acceptors (Lipinski definition) is 2. The summed E-state index contributed by atoms with van der Waals surface area (Å²) in [6.07, 6.45) is -4.31. The molecule has 0 bridgehead atoms. The summed E-state index contributed by atoms with van der Waals surface area (Å²) in [6, 6.07) is 4.62. The standard InChI is InChI=1S/C8H8F3N2O.Y/c9-8(10,11)7-3-1-6(2-4-7)5-13-14-12;/h1-4H,5,12H2;/q-1;. The average molecular weight is 294 g/mol. The Morgan fingerprint density at radius 3 is 2.13 bits per heavy atom. The second-order valence-corrected chi connectivity index (χ2v) is 2.59. The van der Waals surface area contributed by atoms with Crippen LogP contribution in [0, 0.1) is 0 Å². The summed E-state index contributed by atoms with van der Waals surface area (Å²) >= 11 is 0.